The molecule has 0 saturated heterocycles. The average molecular weight is 243 g/mol. The molecule has 1 aromatic heterocycles. The summed E-state index contributed by atoms with van der Waals surface area (Å²) < 4.78 is 36.7. The zero-order valence-corrected chi connectivity index (χ0v) is 9.51. The number of hydrogen-bond donors (Lipinski definition) is 0. The average Bonchev–Trinajstić information content (AvgIpc) is 2.27. The molecule has 0 amide bonds. The molecule has 92 valence electrons. The predicted molar refractivity (Wildman–Crippen MR) is 58.2 cm³/mol. The van der Waals surface area contributed by atoms with Crippen molar-refractivity contribution in [2.75, 3.05) is 0 Å². The van der Waals surface area contributed by atoms with Gasteiger partial charge in [0.25, 0.3) is 0 Å². The van der Waals surface area contributed by atoms with Gasteiger partial charge in [0.05, 0.1) is 0 Å². The van der Waals surface area contributed by atoms with Crippen LogP contribution in [-0.2, 0) is 11.0 Å². The molecule has 0 aliphatic heterocycles. The molecular weight excluding hydrogens is 231 g/mol. The van der Waals surface area contributed by atoms with Gasteiger partial charge in [-0.2, -0.15) is 13.2 Å². The van der Waals surface area contributed by atoms with E-state index in [1.807, 2.05) is 0 Å². The lowest BCUT2D eigenvalue weighted by molar-refractivity contribution is -0.141. The Kier molecular flexibility index (Phi) is 4.04. The number of allylic oxidation sites excluding steroid dienone is 1. The van der Waals surface area contributed by atoms with Crippen molar-refractivity contribution in [1.82, 2.24) is 4.98 Å². The third kappa shape index (κ3) is 3.69. The van der Waals surface area contributed by atoms with Gasteiger partial charge in [0.1, 0.15) is 5.69 Å². The summed E-state index contributed by atoms with van der Waals surface area (Å²) in [5, 5.41) is 0. The fourth-order valence-electron chi connectivity index (χ4n) is 1.27. The van der Waals surface area contributed by atoms with Gasteiger partial charge in [0.2, 0.25) is 0 Å². The molecule has 2 nitrogen and oxygen atoms in total. The highest BCUT2D eigenvalue weighted by molar-refractivity contribution is 5.98. The van der Waals surface area contributed by atoms with Crippen LogP contribution < -0.4 is 0 Å². The molecule has 0 bridgehead atoms. The summed E-state index contributed by atoms with van der Waals surface area (Å²) in [6, 6.07) is 2.19. The van der Waals surface area contributed by atoms with Crippen LogP contribution in [0.4, 0.5) is 13.2 Å². The van der Waals surface area contributed by atoms with Gasteiger partial charge in [-0.05, 0) is 30.2 Å². The molecule has 0 radical (unpaired) electrons. The number of hydrogen-bond acceptors (Lipinski definition) is 2. The van der Waals surface area contributed by atoms with E-state index in [2.05, 4.69) is 4.98 Å². The number of alkyl halides is 3. The summed E-state index contributed by atoms with van der Waals surface area (Å²) in [5.74, 6) is -0.0371. The maximum absolute atomic E-state index is 12.2. The number of ketones is 1. The Morgan fingerprint density at radius 3 is 2.47 bits per heavy atom. The monoisotopic (exact) mass is 243 g/mol. The lowest BCUT2D eigenvalue weighted by atomic mass is 10.1. The van der Waals surface area contributed by atoms with Gasteiger partial charge in [-0.1, -0.05) is 13.0 Å². The summed E-state index contributed by atoms with van der Waals surface area (Å²) in [5.41, 5.74) is 0.0560. The first-order chi connectivity index (χ1) is 7.84. The van der Waals surface area contributed by atoms with Crippen LogP contribution in [0.1, 0.15) is 31.5 Å². The smallest absolute Gasteiger partial charge is 0.295 e. The van der Waals surface area contributed by atoms with E-state index in [0.717, 1.165) is 12.3 Å². The minimum Gasteiger partial charge on any atom is -0.295 e. The molecule has 0 aliphatic carbocycles. The van der Waals surface area contributed by atoms with Gasteiger partial charge >= 0.3 is 6.18 Å². The first-order valence-corrected chi connectivity index (χ1v) is 5.09. The van der Waals surface area contributed by atoms with Crippen LogP contribution in [0, 0.1) is 0 Å². The first kappa shape index (κ1) is 13.4. The highest BCUT2D eigenvalue weighted by Gasteiger charge is 2.31. The van der Waals surface area contributed by atoms with Crippen molar-refractivity contribution in [3.8, 4) is 0 Å². The molecule has 1 aromatic rings. The summed E-state index contributed by atoms with van der Waals surface area (Å²) in [7, 11) is 0. The van der Waals surface area contributed by atoms with E-state index < -0.39 is 11.9 Å². The quantitative estimate of drug-likeness (QED) is 0.761. The van der Waals surface area contributed by atoms with Crippen LogP contribution in [0.3, 0.4) is 0 Å². The van der Waals surface area contributed by atoms with Crippen LogP contribution in [0.5, 0.6) is 0 Å². The largest absolute Gasteiger partial charge is 0.433 e. The second-order valence-corrected chi connectivity index (χ2v) is 3.58. The van der Waals surface area contributed by atoms with Gasteiger partial charge in [-0.3, -0.25) is 9.78 Å². The molecule has 0 N–H and O–H groups in total. The van der Waals surface area contributed by atoms with E-state index in [-0.39, 0.29) is 5.78 Å². The Hall–Kier alpha value is -1.65. The summed E-state index contributed by atoms with van der Waals surface area (Å²) >= 11 is 0. The number of Topliss-reactive ketones (excluding diaryl/α,β-unsaturated/α-hetero) is 1. The molecule has 0 saturated carbocycles. The standard InChI is InChI=1S/C12H12F3NO/c1-3-10(17)8(2)6-9-4-5-11(16-7-9)12(13,14)15/h4-7H,3H2,1-2H3. The number of aromatic nitrogens is 1. The third-order valence-corrected chi connectivity index (χ3v) is 2.22. The van der Waals surface area contributed by atoms with Crippen LogP contribution >= 0.6 is 0 Å². The van der Waals surface area contributed by atoms with E-state index in [1.54, 1.807) is 13.8 Å². The molecular formula is C12H12F3NO. The minimum absolute atomic E-state index is 0.0371. The molecule has 0 spiro atoms. The summed E-state index contributed by atoms with van der Waals surface area (Å²) in [4.78, 5) is 14.6. The van der Waals surface area contributed by atoms with Gasteiger partial charge < -0.3 is 0 Å². The Morgan fingerprint density at radius 2 is 2.06 bits per heavy atom. The van der Waals surface area contributed by atoms with Crippen LogP contribution in [0.15, 0.2) is 23.9 Å². The Morgan fingerprint density at radius 1 is 1.41 bits per heavy atom. The van der Waals surface area contributed by atoms with Gasteiger partial charge in [-0.25, -0.2) is 0 Å². The number of pyridine rings is 1. The minimum atomic E-state index is -4.43. The molecule has 1 rings (SSSR count). The number of halogens is 3. The van der Waals surface area contributed by atoms with Crippen LogP contribution in [-0.4, -0.2) is 10.8 Å². The fourth-order valence-corrected chi connectivity index (χ4v) is 1.27. The normalized spacial score (nSPS) is 12.6. The predicted octanol–water partition coefficient (Wildman–Crippen LogP) is 3.48. The molecule has 0 aliphatic rings. The maximum atomic E-state index is 12.2. The lowest BCUT2D eigenvalue weighted by Crippen LogP contribution is -2.07. The molecule has 0 unspecified atom stereocenters. The number of carbonyl (C=O) groups excluding carboxylic acids is 1. The topological polar surface area (TPSA) is 30.0 Å². The number of nitrogens with zero attached hydrogens (tertiary/aromatic N) is 1. The summed E-state index contributed by atoms with van der Waals surface area (Å²) in [6.07, 6.45) is -1.43. The van der Waals surface area contributed by atoms with Crippen molar-refractivity contribution in [1.29, 1.82) is 0 Å². The lowest BCUT2D eigenvalue weighted by Gasteiger charge is -2.05. The van der Waals surface area contributed by atoms with Crippen molar-refractivity contribution in [2.45, 2.75) is 26.4 Å². The van der Waals surface area contributed by atoms with E-state index >= 15 is 0 Å². The van der Waals surface area contributed by atoms with Crippen molar-refractivity contribution < 1.29 is 18.0 Å². The zero-order valence-electron chi connectivity index (χ0n) is 9.51. The molecule has 5 heteroatoms. The first-order valence-electron chi connectivity index (χ1n) is 5.09. The van der Waals surface area contributed by atoms with E-state index in [4.69, 9.17) is 0 Å². The highest BCUT2D eigenvalue weighted by atomic mass is 19.4. The van der Waals surface area contributed by atoms with Crippen molar-refractivity contribution in [2.24, 2.45) is 0 Å². The van der Waals surface area contributed by atoms with Gasteiger partial charge in [0, 0.05) is 12.6 Å². The summed E-state index contributed by atoms with van der Waals surface area (Å²) in [6.45, 7) is 3.36. The molecule has 0 atom stereocenters. The number of rotatable bonds is 3. The van der Waals surface area contributed by atoms with E-state index in [0.29, 0.717) is 17.6 Å². The zero-order chi connectivity index (χ0) is 13.1. The Labute approximate surface area is 97.2 Å². The third-order valence-electron chi connectivity index (χ3n) is 2.22. The van der Waals surface area contributed by atoms with Crippen molar-refractivity contribution >= 4 is 11.9 Å². The van der Waals surface area contributed by atoms with Crippen LogP contribution in [0.2, 0.25) is 0 Å². The molecule has 0 fully saturated rings. The van der Waals surface area contributed by atoms with Crippen molar-refractivity contribution in [3.63, 3.8) is 0 Å². The fraction of sp³-hybridized carbons (Fsp3) is 0.333. The van der Waals surface area contributed by atoms with Crippen LogP contribution in [0.25, 0.3) is 6.08 Å². The van der Waals surface area contributed by atoms with Crippen molar-refractivity contribution in [3.05, 3.63) is 35.2 Å². The Bertz CT molecular complexity index is 432. The van der Waals surface area contributed by atoms with E-state index in [1.165, 1.54) is 12.1 Å². The van der Waals surface area contributed by atoms with Gasteiger partial charge in [0.15, 0.2) is 5.78 Å². The van der Waals surface area contributed by atoms with E-state index in [9.17, 15) is 18.0 Å². The Balaban J connectivity index is 2.93. The SMILES string of the molecule is CCC(=O)C(C)=Cc1ccc(C(F)(F)F)nc1. The second kappa shape index (κ2) is 5.12. The highest BCUT2D eigenvalue weighted by Crippen LogP contribution is 2.27. The molecule has 1 heterocycles. The second-order valence-electron chi connectivity index (χ2n) is 3.58. The molecule has 0 aromatic carbocycles. The molecule has 17 heavy (non-hydrogen) atoms. The number of carbonyl (C=O) groups is 1. The van der Waals surface area contributed by atoms with Gasteiger partial charge in [-0.15, -0.1) is 0 Å². The maximum Gasteiger partial charge on any atom is 0.433 e.